The minimum Gasteiger partial charge on any atom is -0.497 e. The molecule has 248 valence electrons. The molecular formula is C32H48ClF3N4O4. The van der Waals surface area contributed by atoms with Crippen molar-refractivity contribution < 1.29 is 32.6 Å². The Morgan fingerprint density at radius 2 is 1.73 bits per heavy atom. The molecule has 2 aromatic rings. The van der Waals surface area contributed by atoms with E-state index in [4.69, 9.17) is 21.4 Å². The summed E-state index contributed by atoms with van der Waals surface area (Å²) < 4.78 is 41.9. The van der Waals surface area contributed by atoms with E-state index in [9.17, 15) is 22.8 Å². The number of anilines is 1. The summed E-state index contributed by atoms with van der Waals surface area (Å²) in [6.45, 7) is 5.86. The molecule has 2 saturated heterocycles. The maximum atomic E-state index is 12.4. The van der Waals surface area contributed by atoms with Crippen LogP contribution in [0.3, 0.4) is 0 Å². The maximum absolute atomic E-state index is 12.4. The Hall–Kier alpha value is -2.73. The number of halogens is 4. The quantitative estimate of drug-likeness (QED) is 0.264. The molecule has 1 atom stereocenters. The molecule has 2 aliphatic rings. The zero-order valence-electron chi connectivity index (χ0n) is 26.5. The molecule has 4 rings (SSSR count). The number of carbonyl (C=O) groups excluding carboxylic acids is 2. The number of nitrogens with zero attached hydrogens (tertiary/aromatic N) is 4. The summed E-state index contributed by atoms with van der Waals surface area (Å²) in [6, 6.07) is 9.02. The molecule has 3 heterocycles. The molecule has 0 aliphatic carbocycles. The molecule has 1 unspecified atom stereocenters. The standard InChI is InChI=1S/C16H24ClN3O.C10H9F3O2.C5H11N.CH4O/c1-19(2)9-3-4-13-7-10-20(11-8-13)15-6-5-14(12-21)16(17)18-15;1-15-8-4-2-3-7(5-8)9(6-14)10(11,12)13;1-6-4-2-3-5-6;1-2/h5-6,12-13H,3-4,7-11H2,1-2H3;2-6,9H,1H3;2-5H2,1H3;2H,1H3. The van der Waals surface area contributed by atoms with Crippen molar-refractivity contribution in [2.24, 2.45) is 5.92 Å². The lowest BCUT2D eigenvalue weighted by molar-refractivity contribution is -0.155. The Labute approximate surface area is 265 Å². The monoisotopic (exact) mass is 644 g/mol. The van der Waals surface area contributed by atoms with Crippen LogP contribution in [0.4, 0.5) is 19.0 Å². The van der Waals surface area contributed by atoms with Crippen LogP contribution in [-0.4, -0.2) is 107 Å². The average Bonchev–Trinajstić information content (AvgIpc) is 3.49. The number of carbonyl (C=O) groups is 2. The summed E-state index contributed by atoms with van der Waals surface area (Å²) in [5.41, 5.74) is 0.343. The first-order valence-corrected chi connectivity index (χ1v) is 15.2. The van der Waals surface area contributed by atoms with Crippen molar-refractivity contribution in [2.45, 2.75) is 50.6 Å². The molecular weight excluding hydrogens is 597 g/mol. The molecule has 2 fully saturated rings. The molecule has 0 radical (unpaired) electrons. The number of aldehydes is 2. The van der Waals surface area contributed by atoms with Gasteiger partial charge < -0.3 is 29.3 Å². The van der Waals surface area contributed by atoms with E-state index in [1.54, 1.807) is 6.07 Å². The Bertz CT molecular complexity index is 1090. The second-order valence-electron chi connectivity index (χ2n) is 11.0. The van der Waals surface area contributed by atoms with E-state index >= 15 is 0 Å². The molecule has 1 N–H and O–H groups in total. The Balaban J connectivity index is 0.000000364. The van der Waals surface area contributed by atoms with Crippen molar-refractivity contribution in [3.05, 3.63) is 52.7 Å². The van der Waals surface area contributed by atoms with Gasteiger partial charge >= 0.3 is 6.18 Å². The van der Waals surface area contributed by atoms with Crippen molar-refractivity contribution >= 4 is 30.0 Å². The Morgan fingerprint density at radius 1 is 1.09 bits per heavy atom. The fraction of sp³-hybridized carbons (Fsp3) is 0.594. The molecule has 8 nitrogen and oxygen atoms in total. The van der Waals surface area contributed by atoms with Gasteiger partial charge in [-0.1, -0.05) is 23.7 Å². The molecule has 1 aromatic carbocycles. The van der Waals surface area contributed by atoms with Gasteiger partial charge in [-0.05, 0) is 115 Å². The fourth-order valence-corrected chi connectivity index (χ4v) is 5.10. The maximum Gasteiger partial charge on any atom is 0.402 e. The van der Waals surface area contributed by atoms with Crippen molar-refractivity contribution in [1.82, 2.24) is 14.8 Å². The number of aliphatic hydroxyl groups is 1. The van der Waals surface area contributed by atoms with Gasteiger partial charge in [0.15, 0.2) is 6.29 Å². The number of likely N-dealkylation sites (tertiary alicyclic amines) is 1. The van der Waals surface area contributed by atoms with Gasteiger partial charge in [0.05, 0.1) is 12.7 Å². The highest BCUT2D eigenvalue weighted by Crippen LogP contribution is 2.34. The third-order valence-electron chi connectivity index (χ3n) is 7.42. The largest absolute Gasteiger partial charge is 0.497 e. The predicted octanol–water partition coefficient (Wildman–Crippen LogP) is 5.97. The van der Waals surface area contributed by atoms with E-state index in [-0.39, 0.29) is 11.8 Å². The van der Waals surface area contributed by atoms with Gasteiger partial charge in [-0.3, -0.25) is 4.79 Å². The predicted molar refractivity (Wildman–Crippen MR) is 170 cm³/mol. The van der Waals surface area contributed by atoms with E-state index in [2.05, 4.69) is 40.8 Å². The van der Waals surface area contributed by atoms with Gasteiger partial charge in [-0.15, -0.1) is 0 Å². The second kappa shape index (κ2) is 21.1. The van der Waals surface area contributed by atoms with Crippen LogP contribution in [0, 0.1) is 5.92 Å². The van der Waals surface area contributed by atoms with Crippen LogP contribution in [0.5, 0.6) is 5.75 Å². The number of pyridine rings is 1. The van der Waals surface area contributed by atoms with E-state index < -0.39 is 12.1 Å². The van der Waals surface area contributed by atoms with Crippen LogP contribution < -0.4 is 9.64 Å². The number of aliphatic hydroxyl groups excluding tert-OH is 1. The van der Waals surface area contributed by atoms with E-state index in [0.29, 0.717) is 16.5 Å². The highest BCUT2D eigenvalue weighted by molar-refractivity contribution is 6.31. The lowest BCUT2D eigenvalue weighted by Gasteiger charge is -2.33. The number of benzene rings is 1. The molecule has 0 spiro atoms. The number of hydrogen-bond acceptors (Lipinski definition) is 8. The third kappa shape index (κ3) is 14.4. The Kier molecular flexibility index (Phi) is 18.8. The van der Waals surface area contributed by atoms with E-state index in [1.165, 1.54) is 89.5 Å². The minimum atomic E-state index is -4.56. The molecule has 0 amide bonds. The molecule has 1 aromatic heterocycles. The van der Waals surface area contributed by atoms with Crippen LogP contribution in [0.25, 0.3) is 0 Å². The smallest absolute Gasteiger partial charge is 0.402 e. The number of ether oxygens (including phenoxy) is 1. The van der Waals surface area contributed by atoms with Crippen LogP contribution in [-0.2, 0) is 4.79 Å². The van der Waals surface area contributed by atoms with Crippen LogP contribution >= 0.6 is 11.6 Å². The second-order valence-corrected chi connectivity index (χ2v) is 11.3. The summed E-state index contributed by atoms with van der Waals surface area (Å²) >= 11 is 6.00. The first-order valence-electron chi connectivity index (χ1n) is 14.8. The minimum absolute atomic E-state index is 0.114. The number of alkyl halides is 3. The van der Waals surface area contributed by atoms with Crippen LogP contribution in [0.1, 0.15) is 60.4 Å². The number of rotatable bonds is 9. The highest BCUT2D eigenvalue weighted by atomic mass is 35.5. The number of methoxy groups -OCH3 is 1. The van der Waals surface area contributed by atoms with Gasteiger partial charge in [-0.2, -0.15) is 13.2 Å². The molecule has 44 heavy (non-hydrogen) atoms. The summed E-state index contributed by atoms with van der Waals surface area (Å²) in [4.78, 5) is 32.4. The topological polar surface area (TPSA) is 86.2 Å². The third-order valence-corrected chi connectivity index (χ3v) is 7.72. The normalized spacial score (nSPS) is 16.0. The highest BCUT2D eigenvalue weighted by Gasteiger charge is 2.40. The van der Waals surface area contributed by atoms with Gasteiger partial charge in [0, 0.05) is 20.2 Å². The number of hydrogen-bond donors (Lipinski definition) is 1. The summed E-state index contributed by atoms with van der Waals surface area (Å²) in [7, 11) is 8.78. The van der Waals surface area contributed by atoms with Gasteiger partial charge in [0.25, 0.3) is 0 Å². The van der Waals surface area contributed by atoms with Crippen molar-refractivity contribution in [3.63, 3.8) is 0 Å². The van der Waals surface area contributed by atoms with Crippen LogP contribution in [0.15, 0.2) is 36.4 Å². The first kappa shape index (κ1) is 39.3. The van der Waals surface area contributed by atoms with Crippen molar-refractivity contribution in [2.75, 3.05) is 73.0 Å². The van der Waals surface area contributed by atoms with Crippen molar-refractivity contribution in [1.29, 1.82) is 0 Å². The van der Waals surface area contributed by atoms with Gasteiger partial charge in [-0.25, -0.2) is 4.98 Å². The zero-order chi connectivity index (χ0) is 33.1. The molecule has 2 aliphatic heterocycles. The van der Waals surface area contributed by atoms with E-state index in [0.717, 1.165) is 38.2 Å². The lowest BCUT2D eigenvalue weighted by atomic mass is 9.92. The fourth-order valence-electron chi connectivity index (χ4n) is 4.90. The Morgan fingerprint density at radius 3 is 2.18 bits per heavy atom. The number of aromatic nitrogens is 1. The molecule has 12 heteroatoms. The summed E-state index contributed by atoms with van der Waals surface area (Å²) in [6.07, 6.45) is 3.90. The average molecular weight is 645 g/mol. The summed E-state index contributed by atoms with van der Waals surface area (Å²) in [5, 5.41) is 7.30. The van der Waals surface area contributed by atoms with Gasteiger partial charge in [0.1, 0.15) is 28.9 Å². The van der Waals surface area contributed by atoms with Gasteiger partial charge in [0.2, 0.25) is 0 Å². The summed E-state index contributed by atoms with van der Waals surface area (Å²) in [5.74, 6) is -0.0838. The number of piperidine rings is 1. The lowest BCUT2D eigenvalue weighted by Crippen LogP contribution is -2.34. The molecule has 0 saturated carbocycles. The molecule has 0 bridgehead atoms. The van der Waals surface area contributed by atoms with Crippen molar-refractivity contribution in [3.8, 4) is 5.75 Å². The van der Waals surface area contributed by atoms with E-state index in [1.807, 2.05) is 6.07 Å². The zero-order valence-corrected chi connectivity index (χ0v) is 27.3. The van der Waals surface area contributed by atoms with Crippen LogP contribution in [0.2, 0.25) is 5.15 Å². The first-order chi connectivity index (χ1) is 21.0. The SMILES string of the molecule is CN(C)CCCC1CCN(c2ccc(C=O)c(Cl)n2)CC1.CN1CCCC1.CO.COc1cccc(C(C=O)C(F)(F)F)c1.